The molecule has 1 aromatic carbocycles. The largest absolute Gasteiger partial charge is 0.443 e. The SMILES string of the molecule is CCP(=O)(CC)Oc1ccc2cc(C#N)c(=O)oc2c1. The smallest absolute Gasteiger partial charge is 0.354 e. The van der Waals surface area contributed by atoms with Crippen LogP contribution in [0.5, 0.6) is 5.75 Å². The number of rotatable bonds is 4. The number of nitrogens with zero attached hydrogens (tertiary/aromatic N) is 1. The number of nitriles is 1. The maximum atomic E-state index is 12.3. The number of fused-ring (bicyclic) bond motifs is 1. The van der Waals surface area contributed by atoms with Crippen LogP contribution in [0.4, 0.5) is 0 Å². The average Bonchev–Trinajstić information content (AvgIpc) is 2.46. The first kappa shape index (κ1) is 14.4. The van der Waals surface area contributed by atoms with Crippen molar-refractivity contribution in [2.75, 3.05) is 12.3 Å². The van der Waals surface area contributed by atoms with Gasteiger partial charge < -0.3 is 8.94 Å². The molecule has 0 saturated heterocycles. The third kappa shape index (κ3) is 2.76. The van der Waals surface area contributed by atoms with Crippen molar-refractivity contribution in [1.29, 1.82) is 5.26 Å². The highest BCUT2D eigenvalue weighted by molar-refractivity contribution is 7.59. The summed E-state index contributed by atoms with van der Waals surface area (Å²) >= 11 is 0. The molecule has 104 valence electrons. The first-order valence-corrected chi connectivity index (χ1v) is 8.26. The van der Waals surface area contributed by atoms with Gasteiger partial charge in [-0.15, -0.1) is 0 Å². The molecule has 5 nitrogen and oxygen atoms in total. The molecule has 6 heteroatoms. The summed E-state index contributed by atoms with van der Waals surface area (Å²) in [5.74, 6) is 0.400. The molecule has 0 aliphatic rings. The molecule has 0 aliphatic heterocycles. The third-order valence-corrected chi connectivity index (χ3v) is 5.53. The summed E-state index contributed by atoms with van der Waals surface area (Å²) in [5.41, 5.74) is -0.421. The predicted octanol–water partition coefficient (Wildman–Crippen LogP) is 3.36. The van der Waals surface area contributed by atoms with Crippen LogP contribution in [0.25, 0.3) is 11.0 Å². The molecule has 0 unspecified atom stereocenters. The first-order valence-electron chi connectivity index (χ1n) is 6.27. The molecule has 1 aromatic heterocycles. The highest BCUT2D eigenvalue weighted by atomic mass is 31.2. The zero-order valence-corrected chi connectivity index (χ0v) is 12.1. The molecule has 20 heavy (non-hydrogen) atoms. The Bertz CT molecular complexity index is 780. The van der Waals surface area contributed by atoms with Gasteiger partial charge in [0.1, 0.15) is 23.0 Å². The lowest BCUT2D eigenvalue weighted by atomic mass is 10.2. The summed E-state index contributed by atoms with van der Waals surface area (Å²) in [7, 11) is -2.68. The van der Waals surface area contributed by atoms with Gasteiger partial charge in [0.25, 0.3) is 0 Å². The van der Waals surface area contributed by atoms with Crippen LogP contribution in [0, 0.1) is 11.3 Å². The molecule has 2 rings (SSSR count). The van der Waals surface area contributed by atoms with Crippen LogP contribution >= 0.6 is 7.37 Å². The van der Waals surface area contributed by atoms with Crippen molar-refractivity contribution in [3.05, 3.63) is 40.2 Å². The molecule has 0 atom stereocenters. The van der Waals surface area contributed by atoms with Crippen LogP contribution in [0.2, 0.25) is 0 Å². The van der Waals surface area contributed by atoms with Gasteiger partial charge in [-0.3, -0.25) is 4.57 Å². The number of hydrogen-bond donors (Lipinski definition) is 0. The van der Waals surface area contributed by atoms with Crippen LogP contribution in [0.15, 0.2) is 33.5 Å². The lowest BCUT2D eigenvalue weighted by Gasteiger charge is -2.16. The molecule has 0 N–H and O–H groups in total. The summed E-state index contributed by atoms with van der Waals surface area (Å²) in [4.78, 5) is 11.5. The molecular weight excluding hydrogens is 277 g/mol. The minimum Gasteiger partial charge on any atom is -0.443 e. The fourth-order valence-electron chi connectivity index (χ4n) is 1.77. The van der Waals surface area contributed by atoms with Crippen LogP contribution in [0.1, 0.15) is 19.4 Å². The van der Waals surface area contributed by atoms with Crippen molar-refractivity contribution in [1.82, 2.24) is 0 Å². The van der Waals surface area contributed by atoms with Crippen molar-refractivity contribution in [2.24, 2.45) is 0 Å². The summed E-state index contributed by atoms with van der Waals surface area (Å²) in [6.07, 6.45) is 0.887. The monoisotopic (exact) mass is 291 g/mol. The van der Waals surface area contributed by atoms with Gasteiger partial charge in [-0.2, -0.15) is 5.26 Å². The van der Waals surface area contributed by atoms with E-state index in [9.17, 15) is 9.36 Å². The zero-order chi connectivity index (χ0) is 14.8. The van der Waals surface area contributed by atoms with Gasteiger partial charge >= 0.3 is 5.63 Å². The zero-order valence-electron chi connectivity index (χ0n) is 11.3. The second-order valence-electron chi connectivity index (χ2n) is 4.30. The third-order valence-electron chi connectivity index (χ3n) is 3.06. The topological polar surface area (TPSA) is 80.3 Å². The Kier molecular flexibility index (Phi) is 3.96. The van der Waals surface area contributed by atoms with Gasteiger partial charge in [-0.1, -0.05) is 13.8 Å². The van der Waals surface area contributed by atoms with Crippen molar-refractivity contribution >= 4 is 18.3 Å². The second-order valence-corrected chi connectivity index (χ2v) is 7.37. The first-order chi connectivity index (χ1) is 9.51. The molecule has 0 fully saturated rings. The fourth-order valence-corrected chi connectivity index (χ4v) is 2.97. The second kappa shape index (κ2) is 5.52. The molecule has 0 radical (unpaired) electrons. The van der Waals surface area contributed by atoms with Gasteiger partial charge in [-0.25, -0.2) is 4.79 Å². The van der Waals surface area contributed by atoms with E-state index in [4.69, 9.17) is 14.2 Å². The van der Waals surface area contributed by atoms with E-state index in [1.165, 1.54) is 12.1 Å². The molecule has 1 heterocycles. The van der Waals surface area contributed by atoms with Gasteiger partial charge in [0.05, 0.1) is 0 Å². The Morgan fingerprint density at radius 3 is 2.60 bits per heavy atom. The Morgan fingerprint density at radius 1 is 1.30 bits per heavy atom. The highest BCUT2D eigenvalue weighted by Gasteiger charge is 2.19. The van der Waals surface area contributed by atoms with Gasteiger partial charge in [0.2, 0.25) is 7.37 Å². The summed E-state index contributed by atoms with van der Waals surface area (Å²) in [6.45, 7) is 3.62. The van der Waals surface area contributed by atoms with E-state index in [2.05, 4.69) is 0 Å². The van der Waals surface area contributed by atoms with E-state index in [0.29, 0.717) is 29.0 Å². The Balaban J connectivity index is 2.47. The predicted molar refractivity (Wildman–Crippen MR) is 76.5 cm³/mol. The summed E-state index contributed by atoms with van der Waals surface area (Å²) < 4.78 is 22.9. The molecule has 0 amide bonds. The van der Waals surface area contributed by atoms with Crippen molar-refractivity contribution < 1.29 is 13.5 Å². The van der Waals surface area contributed by atoms with E-state index in [1.54, 1.807) is 18.2 Å². The molecule has 0 aliphatic carbocycles. The molecular formula is C14H14NO4P. The maximum absolute atomic E-state index is 12.3. The quantitative estimate of drug-likeness (QED) is 0.637. The van der Waals surface area contributed by atoms with Crippen molar-refractivity contribution in [3.63, 3.8) is 0 Å². The van der Waals surface area contributed by atoms with E-state index in [1.807, 2.05) is 13.8 Å². The van der Waals surface area contributed by atoms with Crippen molar-refractivity contribution in [2.45, 2.75) is 13.8 Å². The van der Waals surface area contributed by atoms with Crippen LogP contribution in [-0.4, -0.2) is 12.3 Å². The molecule has 0 spiro atoms. The van der Waals surface area contributed by atoms with Crippen molar-refractivity contribution in [3.8, 4) is 11.8 Å². The average molecular weight is 291 g/mol. The lowest BCUT2D eigenvalue weighted by Crippen LogP contribution is -2.03. The Hall–Kier alpha value is -2.05. The molecule has 0 bridgehead atoms. The van der Waals surface area contributed by atoms with Crippen LogP contribution < -0.4 is 10.1 Å². The number of benzene rings is 1. The van der Waals surface area contributed by atoms with E-state index in [0.717, 1.165) is 0 Å². The lowest BCUT2D eigenvalue weighted by molar-refractivity contribution is 0.483. The minimum atomic E-state index is -2.68. The van der Waals surface area contributed by atoms with Crippen LogP contribution in [-0.2, 0) is 4.57 Å². The Morgan fingerprint density at radius 2 is 2.00 bits per heavy atom. The van der Waals surface area contributed by atoms with E-state index < -0.39 is 13.0 Å². The van der Waals surface area contributed by atoms with Gasteiger partial charge in [-0.05, 0) is 18.2 Å². The maximum Gasteiger partial charge on any atom is 0.354 e. The van der Waals surface area contributed by atoms with Gasteiger partial charge in [0.15, 0.2) is 0 Å². The molecule has 2 aromatic rings. The molecule has 0 saturated carbocycles. The minimum absolute atomic E-state index is 0.0426. The standard InChI is InChI=1S/C14H14NO4P/c1-3-20(17,4-2)19-12-6-5-10-7-11(9-15)14(16)18-13(10)8-12/h5-8H,3-4H2,1-2H3. The normalized spacial score (nSPS) is 11.2. The van der Waals surface area contributed by atoms with Gasteiger partial charge in [0, 0.05) is 23.8 Å². The Labute approximate surface area is 116 Å². The number of hydrogen-bond acceptors (Lipinski definition) is 5. The summed E-state index contributed by atoms with van der Waals surface area (Å²) in [5, 5.41) is 9.40. The fraction of sp³-hybridized carbons (Fsp3) is 0.286. The van der Waals surface area contributed by atoms with E-state index >= 15 is 0 Å². The van der Waals surface area contributed by atoms with Crippen LogP contribution in [0.3, 0.4) is 0 Å². The summed E-state index contributed by atoms with van der Waals surface area (Å²) in [6, 6.07) is 8.09. The van der Waals surface area contributed by atoms with E-state index in [-0.39, 0.29) is 5.56 Å². The highest BCUT2D eigenvalue weighted by Crippen LogP contribution is 2.46.